The number of rotatable bonds is 5. The number of sulfonamides is 1. The van der Waals surface area contributed by atoms with Crippen LogP contribution in [0.1, 0.15) is 31.1 Å². The number of urea groups is 1. The van der Waals surface area contributed by atoms with Crippen molar-refractivity contribution in [3.63, 3.8) is 0 Å². The highest BCUT2D eigenvalue weighted by atomic mass is 32.2. The topological polar surface area (TPSA) is 130 Å². The van der Waals surface area contributed by atoms with Crippen LogP contribution in [0.2, 0.25) is 0 Å². The monoisotopic (exact) mass is 390 g/mol. The Balaban J connectivity index is 2.08. The second kappa shape index (κ2) is 7.77. The van der Waals surface area contributed by atoms with Crippen molar-refractivity contribution in [1.29, 1.82) is 0 Å². The lowest BCUT2D eigenvalue weighted by atomic mass is 10.1. The summed E-state index contributed by atoms with van der Waals surface area (Å²) >= 11 is 0. The maximum absolute atomic E-state index is 12.3. The molecule has 0 saturated carbocycles. The molecule has 0 aliphatic carbocycles. The Morgan fingerprint density at radius 2 is 1.33 bits per heavy atom. The van der Waals surface area contributed by atoms with Gasteiger partial charge < -0.3 is 16.4 Å². The fourth-order valence-electron chi connectivity index (χ4n) is 2.23. The van der Waals surface area contributed by atoms with Crippen LogP contribution in [0.25, 0.3) is 0 Å². The van der Waals surface area contributed by atoms with Crippen molar-refractivity contribution in [2.24, 2.45) is 5.73 Å². The van der Waals surface area contributed by atoms with E-state index < -0.39 is 27.5 Å². The van der Waals surface area contributed by atoms with Gasteiger partial charge in [-0.15, -0.1) is 0 Å². The van der Waals surface area contributed by atoms with Crippen LogP contribution in [0.15, 0.2) is 53.4 Å². The van der Waals surface area contributed by atoms with Gasteiger partial charge in [-0.1, -0.05) is 0 Å². The smallest absolute Gasteiger partial charge is 0.316 e. The Labute approximate surface area is 158 Å². The lowest BCUT2D eigenvalue weighted by molar-refractivity contribution is 0.102. The van der Waals surface area contributed by atoms with Gasteiger partial charge in [0, 0.05) is 22.5 Å². The number of primary amides is 1. The van der Waals surface area contributed by atoms with Gasteiger partial charge >= 0.3 is 6.03 Å². The minimum Gasteiger partial charge on any atom is -0.351 e. The molecule has 0 unspecified atom stereocenters. The Bertz CT molecular complexity index is 931. The summed E-state index contributed by atoms with van der Waals surface area (Å²) < 4.78 is 27.1. The van der Waals surface area contributed by atoms with Crippen LogP contribution in [0.3, 0.4) is 0 Å². The van der Waals surface area contributed by atoms with Crippen molar-refractivity contribution < 1.29 is 18.0 Å². The van der Waals surface area contributed by atoms with Gasteiger partial charge in [-0.2, -0.15) is 0 Å². The number of nitrogens with one attached hydrogen (secondary N) is 3. The van der Waals surface area contributed by atoms with Crippen molar-refractivity contribution in [3.8, 4) is 0 Å². The number of hydrogen-bond acceptors (Lipinski definition) is 4. The van der Waals surface area contributed by atoms with Crippen molar-refractivity contribution in [2.45, 2.75) is 31.2 Å². The van der Waals surface area contributed by atoms with Crippen LogP contribution < -0.4 is 21.1 Å². The molecule has 2 aromatic carbocycles. The fraction of sp³-hybridized carbons (Fsp3) is 0.222. The van der Waals surface area contributed by atoms with Crippen LogP contribution in [0.5, 0.6) is 0 Å². The third kappa shape index (κ3) is 6.08. The molecule has 0 heterocycles. The second-order valence-electron chi connectivity index (χ2n) is 6.90. The van der Waals surface area contributed by atoms with E-state index in [0.29, 0.717) is 16.9 Å². The number of hydrogen-bond donors (Lipinski definition) is 4. The summed E-state index contributed by atoms with van der Waals surface area (Å²) in [5.74, 6) is -0.390. The average molecular weight is 390 g/mol. The van der Waals surface area contributed by atoms with Crippen molar-refractivity contribution in [2.75, 3.05) is 10.6 Å². The summed E-state index contributed by atoms with van der Waals surface area (Å²) in [5, 5.41) is 5.10. The number of anilines is 2. The van der Waals surface area contributed by atoms with E-state index in [1.165, 1.54) is 24.3 Å². The molecular formula is C18H22N4O4S. The number of carbonyl (C=O) groups excluding carboxylic acids is 2. The zero-order valence-electron chi connectivity index (χ0n) is 15.2. The molecule has 0 aliphatic heterocycles. The zero-order valence-corrected chi connectivity index (χ0v) is 16.1. The van der Waals surface area contributed by atoms with Crippen molar-refractivity contribution in [1.82, 2.24) is 4.72 Å². The van der Waals surface area contributed by atoms with Crippen LogP contribution in [-0.2, 0) is 10.0 Å². The molecule has 2 rings (SSSR count). The van der Waals surface area contributed by atoms with E-state index in [1.54, 1.807) is 45.0 Å². The molecule has 0 radical (unpaired) electrons. The summed E-state index contributed by atoms with van der Waals surface area (Å²) in [6, 6.07) is 11.4. The highest BCUT2D eigenvalue weighted by Gasteiger charge is 2.22. The molecule has 2 aromatic rings. The Kier molecular flexibility index (Phi) is 5.87. The first-order valence-corrected chi connectivity index (χ1v) is 9.56. The third-order valence-corrected chi connectivity index (χ3v) is 5.05. The van der Waals surface area contributed by atoms with Crippen LogP contribution in [-0.4, -0.2) is 25.9 Å². The highest BCUT2D eigenvalue weighted by molar-refractivity contribution is 7.89. The van der Waals surface area contributed by atoms with Gasteiger partial charge in [-0.25, -0.2) is 17.9 Å². The zero-order chi connectivity index (χ0) is 20.2. The molecule has 0 aliphatic rings. The van der Waals surface area contributed by atoms with Gasteiger partial charge in [0.2, 0.25) is 10.0 Å². The summed E-state index contributed by atoms with van der Waals surface area (Å²) in [7, 11) is -3.66. The van der Waals surface area contributed by atoms with E-state index >= 15 is 0 Å². The van der Waals surface area contributed by atoms with Gasteiger partial charge in [-0.05, 0) is 69.3 Å². The van der Waals surface area contributed by atoms with Crippen molar-refractivity contribution >= 4 is 33.3 Å². The van der Waals surface area contributed by atoms with E-state index in [-0.39, 0.29) is 4.90 Å². The number of benzene rings is 2. The molecule has 5 N–H and O–H groups in total. The first-order chi connectivity index (χ1) is 12.5. The molecule has 8 nitrogen and oxygen atoms in total. The minimum atomic E-state index is -3.66. The second-order valence-corrected chi connectivity index (χ2v) is 8.58. The van der Waals surface area contributed by atoms with E-state index in [4.69, 9.17) is 5.73 Å². The lowest BCUT2D eigenvalue weighted by Crippen LogP contribution is -2.40. The molecule has 3 amide bonds. The molecule has 0 atom stereocenters. The predicted molar refractivity (Wildman–Crippen MR) is 104 cm³/mol. The Morgan fingerprint density at radius 3 is 1.78 bits per heavy atom. The summed E-state index contributed by atoms with van der Waals surface area (Å²) in [6.45, 7) is 5.24. The molecule has 0 aromatic heterocycles. The molecule has 0 bridgehead atoms. The molecule has 0 spiro atoms. The minimum absolute atomic E-state index is 0.0795. The summed E-state index contributed by atoms with van der Waals surface area (Å²) in [4.78, 5) is 23.2. The normalized spacial score (nSPS) is 11.7. The summed E-state index contributed by atoms with van der Waals surface area (Å²) in [6.07, 6.45) is 0. The third-order valence-electron chi connectivity index (χ3n) is 3.28. The van der Waals surface area contributed by atoms with Crippen LogP contribution in [0.4, 0.5) is 16.2 Å². The number of carbonyl (C=O) groups is 2. The van der Waals surface area contributed by atoms with E-state index in [0.717, 1.165) is 0 Å². The maximum atomic E-state index is 12.3. The largest absolute Gasteiger partial charge is 0.351 e. The SMILES string of the molecule is CC(C)(C)NS(=O)(=O)c1ccc(C(=O)Nc2ccc(NC(N)=O)cc2)cc1. The lowest BCUT2D eigenvalue weighted by Gasteiger charge is -2.20. The fourth-order valence-corrected chi connectivity index (χ4v) is 3.65. The highest BCUT2D eigenvalue weighted by Crippen LogP contribution is 2.17. The van der Waals surface area contributed by atoms with Crippen LogP contribution >= 0.6 is 0 Å². The first kappa shape index (κ1) is 20.4. The molecular weight excluding hydrogens is 368 g/mol. The molecule has 9 heteroatoms. The predicted octanol–water partition coefficient (Wildman–Crippen LogP) is 2.51. The van der Waals surface area contributed by atoms with Gasteiger partial charge in [-0.3, -0.25) is 4.79 Å². The Hall–Kier alpha value is -2.91. The number of nitrogens with two attached hydrogens (primary N) is 1. The first-order valence-electron chi connectivity index (χ1n) is 8.08. The van der Waals surface area contributed by atoms with Crippen molar-refractivity contribution in [3.05, 3.63) is 54.1 Å². The van der Waals surface area contributed by atoms with Gasteiger partial charge in [0.05, 0.1) is 4.90 Å². The summed E-state index contributed by atoms with van der Waals surface area (Å²) in [5.41, 5.74) is 5.75. The van der Waals surface area contributed by atoms with Crippen LogP contribution in [0, 0.1) is 0 Å². The molecule has 27 heavy (non-hydrogen) atoms. The van der Waals surface area contributed by atoms with E-state index in [9.17, 15) is 18.0 Å². The number of amides is 3. The van der Waals surface area contributed by atoms with E-state index in [1.807, 2.05) is 0 Å². The van der Waals surface area contributed by atoms with Gasteiger partial charge in [0.15, 0.2) is 0 Å². The molecule has 0 saturated heterocycles. The molecule has 144 valence electrons. The van der Waals surface area contributed by atoms with E-state index in [2.05, 4.69) is 15.4 Å². The average Bonchev–Trinajstić information content (AvgIpc) is 2.54. The van der Waals surface area contributed by atoms with Gasteiger partial charge in [0.1, 0.15) is 0 Å². The standard InChI is InChI=1S/C18H22N4O4S/c1-18(2,3)22-27(25,26)15-10-4-12(5-11-15)16(23)20-13-6-8-14(9-7-13)21-17(19)24/h4-11,22H,1-3H3,(H,20,23)(H3,19,21,24). The quantitative estimate of drug-likeness (QED) is 0.625. The Morgan fingerprint density at radius 1 is 0.852 bits per heavy atom. The molecule has 0 fully saturated rings. The maximum Gasteiger partial charge on any atom is 0.316 e. The van der Waals surface area contributed by atoms with Gasteiger partial charge in [0.25, 0.3) is 5.91 Å².